The number of aromatic nitrogens is 2. The van der Waals surface area contributed by atoms with Crippen LogP contribution in [0.25, 0.3) is 0 Å². The summed E-state index contributed by atoms with van der Waals surface area (Å²) in [4.78, 5) is 13.5. The number of hydrogen-bond acceptors (Lipinski definition) is 4. The molecule has 2 N–H and O–H groups in total. The molecular weight excluding hydrogens is 242 g/mol. The highest BCUT2D eigenvalue weighted by Crippen LogP contribution is 2.15. The van der Waals surface area contributed by atoms with E-state index < -0.39 is 0 Å². The quantitative estimate of drug-likeness (QED) is 0.886. The SMILES string of the molecule is CN(C(=O)Cn1cc(N)cn1)c1cccc(C#N)c1. The summed E-state index contributed by atoms with van der Waals surface area (Å²) >= 11 is 0. The summed E-state index contributed by atoms with van der Waals surface area (Å²) in [5.41, 5.74) is 7.24. The van der Waals surface area contributed by atoms with Gasteiger partial charge in [0.1, 0.15) is 6.54 Å². The van der Waals surface area contributed by atoms with E-state index in [0.717, 1.165) is 0 Å². The third-order valence-electron chi connectivity index (χ3n) is 2.69. The van der Waals surface area contributed by atoms with Gasteiger partial charge in [-0.15, -0.1) is 0 Å². The Labute approximate surface area is 110 Å². The average molecular weight is 255 g/mol. The summed E-state index contributed by atoms with van der Waals surface area (Å²) in [5.74, 6) is -0.141. The van der Waals surface area contributed by atoms with Crippen molar-refractivity contribution in [3.05, 3.63) is 42.2 Å². The van der Waals surface area contributed by atoms with Gasteiger partial charge in [-0.05, 0) is 18.2 Å². The molecule has 6 heteroatoms. The van der Waals surface area contributed by atoms with E-state index in [-0.39, 0.29) is 12.5 Å². The van der Waals surface area contributed by atoms with Crippen LogP contribution in [0.2, 0.25) is 0 Å². The van der Waals surface area contributed by atoms with E-state index in [0.29, 0.717) is 16.9 Å². The van der Waals surface area contributed by atoms with E-state index >= 15 is 0 Å². The molecule has 0 aliphatic carbocycles. The molecule has 96 valence electrons. The van der Waals surface area contributed by atoms with Crippen LogP contribution < -0.4 is 10.6 Å². The maximum atomic E-state index is 12.1. The Kier molecular flexibility index (Phi) is 3.48. The average Bonchev–Trinajstić information content (AvgIpc) is 2.83. The second-order valence-corrected chi connectivity index (χ2v) is 4.09. The molecule has 0 saturated heterocycles. The molecule has 0 aliphatic rings. The van der Waals surface area contributed by atoms with Crippen molar-refractivity contribution in [2.24, 2.45) is 0 Å². The summed E-state index contributed by atoms with van der Waals surface area (Å²) in [6.07, 6.45) is 3.08. The van der Waals surface area contributed by atoms with Gasteiger partial charge in [0.15, 0.2) is 0 Å². The smallest absolute Gasteiger partial charge is 0.248 e. The van der Waals surface area contributed by atoms with Crippen molar-refractivity contribution in [2.75, 3.05) is 17.7 Å². The summed E-state index contributed by atoms with van der Waals surface area (Å²) in [5, 5.41) is 12.8. The van der Waals surface area contributed by atoms with E-state index in [9.17, 15) is 4.79 Å². The Bertz CT molecular complexity index is 640. The first-order valence-corrected chi connectivity index (χ1v) is 5.65. The predicted octanol–water partition coefficient (Wildman–Crippen LogP) is 1.000. The highest BCUT2D eigenvalue weighted by atomic mass is 16.2. The lowest BCUT2D eigenvalue weighted by Crippen LogP contribution is -2.30. The maximum absolute atomic E-state index is 12.1. The van der Waals surface area contributed by atoms with Crippen LogP contribution in [0.5, 0.6) is 0 Å². The van der Waals surface area contributed by atoms with Crippen LogP contribution in [-0.2, 0) is 11.3 Å². The lowest BCUT2D eigenvalue weighted by molar-refractivity contribution is -0.119. The number of nitrogen functional groups attached to an aromatic ring is 1. The Balaban J connectivity index is 2.12. The fourth-order valence-electron chi connectivity index (χ4n) is 1.64. The van der Waals surface area contributed by atoms with Gasteiger partial charge in [0, 0.05) is 18.9 Å². The minimum absolute atomic E-state index is 0.102. The molecule has 0 unspecified atom stereocenters. The van der Waals surface area contributed by atoms with Crippen molar-refractivity contribution in [1.82, 2.24) is 9.78 Å². The number of nitrogens with zero attached hydrogens (tertiary/aromatic N) is 4. The molecule has 19 heavy (non-hydrogen) atoms. The molecular formula is C13H13N5O. The summed E-state index contributed by atoms with van der Waals surface area (Å²) in [7, 11) is 1.66. The van der Waals surface area contributed by atoms with Crippen molar-refractivity contribution in [3.63, 3.8) is 0 Å². The van der Waals surface area contributed by atoms with E-state index in [4.69, 9.17) is 11.0 Å². The van der Waals surface area contributed by atoms with Crippen molar-refractivity contribution >= 4 is 17.3 Å². The second-order valence-electron chi connectivity index (χ2n) is 4.09. The highest BCUT2D eigenvalue weighted by Gasteiger charge is 2.12. The van der Waals surface area contributed by atoms with Crippen LogP contribution in [0.1, 0.15) is 5.56 Å². The van der Waals surface area contributed by atoms with Crippen LogP contribution in [-0.4, -0.2) is 22.7 Å². The Morgan fingerprint density at radius 2 is 2.37 bits per heavy atom. The second kappa shape index (κ2) is 5.23. The van der Waals surface area contributed by atoms with Gasteiger partial charge in [0.05, 0.1) is 23.5 Å². The van der Waals surface area contributed by atoms with Gasteiger partial charge >= 0.3 is 0 Å². The van der Waals surface area contributed by atoms with E-state index in [1.807, 2.05) is 6.07 Å². The topological polar surface area (TPSA) is 87.9 Å². The predicted molar refractivity (Wildman–Crippen MR) is 71.2 cm³/mol. The Hall–Kier alpha value is -2.81. The van der Waals surface area contributed by atoms with Gasteiger partial charge in [0.2, 0.25) is 5.91 Å². The lowest BCUT2D eigenvalue weighted by atomic mass is 10.2. The minimum Gasteiger partial charge on any atom is -0.396 e. The van der Waals surface area contributed by atoms with Crippen molar-refractivity contribution in [1.29, 1.82) is 5.26 Å². The van der Waals surface area contributed by atoms with E-state index in [2.05, 4.69) is 5.10 Å². The number of likely N-dealkylation sites (N-methyl/N-ethyl adjacent to an activating group) is 1. The number of amides is 1. The number of rotatable bonds is 3. The number of hydrogen-bond donors (Lipinski definition) is 1. The molecule has 0 saturated carbocycles. The molecule has 0 atom stereocenters. The zero-order valence-corrected chi connectivity index (χ0v) is 10.4. The van der Waals surface area contributed by atoms with Crippen LogP contribution in [0.15, 0.2) is 36.7 Å². The summed E-state index contributed by atoms with van der Waals surface area (Å²) in [6, 6.07) is 8.91. The van der Waals surface area contributed by atoms with Gasteiger partial charge in [-0.1, -0.05) is 6.07 Å². The number of nitriles is 1. The first-order chi connectivity index (χ1) is 9.10. The highest BCUT2D eigenvalue weighted by molar-refractivity contribution is 5.92. The molecule has 0 aliphatic heterocycles. The third kappa shape index (κ3) is 2.90. The van der Waals surface area contributed by atoms with Crippen molar-refractivity contribution in [2.45, 2.75) is 6.54 Å². The summed E-state index contributed by atoms with van der Waals surface area (Å²) in [6.45, 7) is 0.102. The normalized spacial score (nSPS) is 9.89. The van der Waals surface area contributed by atoms with Crippen LogP contribution in [0.4, 0.5) is 11.4 Å². The monoisotopic (exact) mass is 255 g/mol. The molecule has 1 heterocycles. The minimum atomic E-state index is -0.141. The van der Waals surface area contributed by atoms with E-state index in [1.165, 1.54) is 15.8 Å². The molecule has 2 rings (SSSR count). The number of carbonyl (C=O) groups excluding carboxylic acids is 1. The number of benzene rings is 1. The molecule has 1 aromatic heterocycles. The van der Waals surface area contributed by atoms with E-state index in [1.54, 1.807) is 37.5 Å². The largest absolute Gasteiger partial charge is 0.396 e. The Morgan fingerprint density at radius 1 is 1.58 bits per heavy atom. The number of anilines is 2. The fraction of sp³-hybridized carbons (Fsp3) is 0.154. The van der Waals surface area contributed by atoms with Gasteiger partial charge in [-0.25, -0.2) is 0 Å². The molecule has 0 radical (unpaired) electrons. The first kappa shape index (κ1) is 12.6. The number of carbonyl (C=O) groups is 1. The third-order valence-corrected chi connectivity index (χ3v) is 2.69. The molecule has 1 amide bonds. The zero-order valence-electron chi connectivity index (χ0n) is 10.4. The molecule has 1 aromatic carbocycles. The van der Waals surface area contributed by atoms with Crippen molar-refractivity contribution in [3.8, 4) is 6.07 Å². The maximum Gasteiger partial charge on any atom is 0.248 e. The fourth-order valence-corrected chi connectivity index (χ4v) is 1.64. The first-order valence-electron chi connectivity index (χ1n) is 5.65. The van der Waals surface area contributed by atoms with Gasteiger partial charge < -0.3 is 10.6 Å². The van der Waals surface area contributed by atoms with Gasteiger partial charge in [-0.3, -0.25) is 9.48 Å². The zero-order chi connectivity index (χ0) is 13.8. The molecule has 2 aromatic rings. The standard InChI is InChI=1S/C13H13N5O/c1-17(12-4-2-3-10(5-12)6-14)13(19)9-18-8-11(15)7-16-18/h2-5,7-8H,9,15H2,1H3. The van der Waals surface area contributed by atoms with Gasteiger partial charge in [0.25, 0.3) is 0 Å². The van der Waals surface area contributed by atoms with Crippen molar-refractivity contribution < 1.29 is 4.79 Å². The molecule has 0 fully saturated rings. The lowest BCUT2D eigenvalue weighted by Gasteiger charge is -2.17. The van der Waals surface area contributed by atoms with Crippen LogP contribution in [0.3, 0.4) is 0 Å². The van der Waals surface area contributed by atoms with Crippen LogP contribution in [0, 0.1) is 11.3 Å². The number of nitrogens with two attached hydrogens (primary N) is 1. The Morgan fingerprint density at radius 3 is 3.00 bits per heavy atom. The molecule has 0 spiro atoms. The molecule has 6 nitrogen and oxygen atoms in total. The summed E-state index contributed by atoms with van der Waals surface area (Å²) < 4.78 is 1.47. The van der Waals surface area contributed by atoms with Gasteiger partial charge in [-0.2, -0.15) is 10.4 Å². The van der Waals surface area contributed by atoms with Crippen LogP contribution >= 0.6 is 0 Å². The molecule has 0 bridgehead atoms.